The maximum atomic E-state index is 12.1. The molecule has 3 heteroatoms. The fourth-order valence-electron chi connectivity index (χ4n) is 2.76. The van der Waals surface area contributed by atoms with Crippen molar-refractivity contribution in [2.24, 2.45) is 16.7 Å². The zero-order valence-electron chi connectivity index (χ0n) is 11.9. The highest BCUT2D eigenvalue weighted by molar-refractivity contribution is 5.99. The summed E-state index contributed by atoms with van der Waals surface area (Å²) in [6.07, 6.45) is 3.44. The molecule has 1 fully saturated rings. The molecule has 18 heavy (non-hydrogen) atoms. The lowest BCUT2D eigenvalue weighted by atomic mass is 9.61. The van der Waals surface area contributed by atoms with Crippen molar-refractivity contribution in [1.29, 1.82) is 0 Å². The zero-order valence-corrected chi connectivity index (χ0v) is 11.9. The number of aldehydes is 1. The van der Waals surface area contributed by atoms with Gasteiger partial charge in [0.2, 0.25) is 0 Å². The van der Waals surface area contributed by atoms with Gasteiger partial charge in [-0.3, -0.25) is 4.79 Å². The summed E-state index contributed by atoms with van der Waals surface area (Å²) in [4.78, 5) is 34.6. The van der Waals surface area contributed by atoms with Gasteiger partial charge in [-0.1, -0.05) is 20.8 Å². The van der Waals surface area contributed by atoms with Crippen LogP contribution in [0.2, 0.25) is 0 Å². The summed E-state index contributed by atoms with van der Waals surface area (Å²) in [6, 6.07) is 0. The minimum Gasteiger partial charge on any atom is -0.302 e. The summed E-state index contributed by atoms with van der Waals surface area (Å²) in [7, 11) is 0. The molecule has 0 aromatic heterocycles. The second-order valence-corrected chi connectivity index (χ2v) is 6.70. The second kappa shape index (κ2) is 5.33. The highest BCUT2D eigenvalue weighted by Gasteiger charge is 2.45. The summed E-state index contributed by atoms with van der Waals surface area (Å²) in [5.74, 6) is 0.438. The molecule has 1 rings (SSSR count). The molecule has 0 N–H and O–H groups in total. The SMILES string of the molecule is CC(=O)CCC1(C=O)CC(C(C)(C)C)CCC1=O. The molecular formula is C15H24O3. The van der Waals surface area contributed by atoms with Gasteiger partial charge in [0.25, 0.3) is 0 Å². The average molecular weight is 252 g/mol. The van der Waals surface area contributed by atoms with Crippen LogP contribution in [0.25, 0.3) is 0 Å². The predicted octanol–water partition coefficient (Wildman–Crippen LogP) is 2.96. The van der Waals surface area contributed by atoms with Crippen molar-refractivity contribution < 1.29 is 14.4 Å². The summed E-state index contributed by atoms with van der Waals surface area (Å²) in [5.41, 5.74) is -0.799. The summed E-state index contributed by atoms with van der Waals surface area (Å²) in [5, 5.41) is 0. The number of hydrogen-bond acceptors (Lipinski definition) is 3. The van der Waals surface area contributed by atoms with Crippen LogP contribution in [0.5, 0.6) is 0 Å². The largest absolute Gasteiger partial charge is 0.302 e. The Balaban J connectivity index is 2.89. The maximum Gasteiger partial charge on any atom is 0.146 e. The van der Waals surface area contributed by atoms with Crippen LogP contribution in [0.4, 0.5) is 0 Å². The second-order valence-electron chi connectivity index (χ2n) is 6.70. The fraction of sp³-hybridized carbons (Fsp3) is 0.800. The van der Waals surface area contributed by atoms with Gasteiger partial charge in [-0.25, -0.2) is 0 Å². The van der Waals surface area contributed by atoms with Crippen LogP contribution in [0.1, 0.15) is 59.8 Å². The number of rotatable bonds is 4. The van der Waals surface area contributed by atoms with E-state index in [1.165, 1.54) is 6.92 Å². The van der Waals surface area contributed by atoms with Gasteiger partial charge in [0.05, 0.1) is 5.41 Å². The van der Waals surface area contributed by atoms with Crippen molar-refractivity contribution in [2.75, 3.05) is 0 Å². The highest BCUT2D eigenvalue weighted by Crippen LogP contribution is 2.45. The Labute approximate surface area is 109 Å². The first kappa shape index (κ1) is 15.1. The number of carbonyl (C=O) groups is 3. The Kier molecular flexibility index (Phi) is 4.46. The number of ketones is 2. The van der Waals surface area contributed by atoms with E-state index in [0.29, 0.717) is 31.6 Å². The number of carbonyl (C=O) groups excluding carboxylic acids is 3. The minimum atomic E-state index is -0.901. The standard InChI is InChI=1S/C15H24O3/c1-11(17)7-8-15(10-16)9-12(14(2,3)4)5-6-13(15)18/h10,12H,5-9H2,1-4H3. The summed E-state index contributed by atoms with van der Waals surface area (Å²) >= 11 is 0. The molecule has 0 radical (unpaired) electrons. The molecule has 2 atom stereocenters. The zero-order chi connectivity index (χ0) is 14.0. The Morgan fingerprint density at radius 1 is 1.44 bits per heavy atom. The molecule has 2 unspecified atom stereocenters. The molecule has 0 amide bonds. The third kappa shape index (κ3) is 3.27. The lowest BCUT2D eigenvalue weighted by molar-refractivity contribution is -0.141. The van der Waals surface area contributed by atoms with Gasteiger partial charge in [0.15, 0.2) is 0 Å². The van der Waals surface area contributed by atoms with Gasteiger partial charge in [0.1, 0.15) is 17.9 Å². The molecule has 0 heterocycles. The monoisotopic (exact) mass is 252 g/mol. The predicted molar refractivity (Wildman–Crippen MR) is 70.2 cm³/mol. The van der Waals surface area contributed by atoms with Crippen LogP contribution in [-0.4, -0.2) is 17.9 Å². The molecule has 1 aliphatic carbocycles. The molecule has 0 aliphatic heterocycles. The van der Waals surface area contributed by atoms with E-state index in [9.17, 15) is 14.4 Å². The molecule has 0 bridgehead atoms. The molecule has 0 aromatic carbocycles. The summed E-state index contributed by atoms with van der Waals surface area (Å²) in [6.45, 7) is 7.95. The van der Waals surface area contributed by atoms with E-state index in [-0.39, 0.29) is 17.0 Å². The molecule has 0 spiro atoms. The Hall–Kier alpha value is -0.990. The van der Waals surface area contributed by atoms with Gasteiger partial charge in [-0.05, 0) is 37.5 Å². The van der Waals surface area contributed by atoms with Gasteiger partial charge in [-0.2, -0.15) is 0 Å². The first-order chi connectivity index (χ1) is 8.21. The first-order valence-electron chi connectivity index (χ1n) is 6.70. The molecule has 3 nitrogen and oxygen atoms in total. The average Bonchev–Trinajstić information content (AvgIpc) is 2.26. The van der Waals surface area contributed by atoms with Crippen LogP contribution in [0, 0.1) is 16.7 Å². The highest BCUT2D eigenvalue weighted by atomic mass is 16.1. The van der Waals surface area contributed by atoms with E-state index in [1.54, 1.807) is 0 Å². The van der Waals surface area contributed by atoms with E-state index in [0.717, 1.165) is 12.7 Å². The van der Waals surface area contributed by atoms with Crippen molar-refractivity contribution >= 4 is 17.9 Å². The van der Waals surface area contributed by atoms with E-state index in [4.69, 9.17) is 0 Å². The smallest absolute Gasteiger partial charge is 0.146 e. The van der Waals surface area contributed by atoms with Crippen LogP contribution in [0.3, 0.4) is 0 Å². The van der Waals surface area contributed by atoms with E-state index in [1.807, 2.05) is 0 Å². The molecule has 1 saturated carbocycles. The van der Waals surface area contributed by atoms with Crippen LogP contribution < -0.4 is 0 Å². The van der Waals surface area contributed by atoms with Crippen molar-refractivity contribution in [3.05, 3.63) is 0 Å². The van der Waals surface area contributed by atoms with E-state index >= 15 is 0 Å². The van der Waals surface area contributed by atoms with Crippen LogP contribution >= 0.6 is 0 Å². The van der Waals surface area contributed by atoms with Crippen molar-refractivity contribution in [3.63, 3.8) is 0 Å². The molecular weight excluding hydrogens is 228 g/mol. The normalized spacial score (nSPS) is 29.1. The number of hydrogen-bond donors (Lipinski definition) is 0. The minimum absolute atomic E-state index is 0.0271. The van der Waals surface area contributed by atoms with E-state index in [2.05, 4.69) is 20.8 Å². The Bertz CT molecular complexity index is 351. The van der Waals surface area contributed by atoms with Crippen LogP contribution in [-0.2, 0) is 14.4 Å². The number of Topliss-reactive ketones (excluding diaryl/α,β-unsaturated/α-hetero) is 2. The van der Waals surface area contributed by atoms with Gasteiger partial charge >= 0.3 is 0 Å². The van der Waals surface area contributed by atoms with Crippen molar-refractivity contribution in [2.45, 2.75) is 59.8 Å². The van der Waals surface area contributed by atoms with E-state index < -0.39 is 5.41 Å². The fourth-order valence-corrected chi connectivity index (χ4v) is 2.76. The van der Waals surface area contributed by atoms with Gasteiger partial charge < -0.3 is 9.59 Å². The molecule has 0 aromatic rings. The Morgan fingerprint density at radius 3 is 2.50 bits per heavy atom. The van der Waals surface area contributed by atoms with Gasteiger partial charge in [0, 0.05) is 12.8 Å². The molecule has 1 aliphatic rings. The topological polar surface area (TPSA) is 51.2 Å². The third-order valence-electron chi connectivity index (χ3n) is 4.26. The maximum absolute atomic E-state index is 12.1. The first-order valence-corrected chi connectivity index (χ1v) is 6.70. The lowest BCUT2D eigenvalue weighted by Crippen LogP contribution is -2.42. The quantitative estimate of drug-likeness (QED) is 0.571. The summed E-state index contributed by atoms with van der Waals surface area (Å²) < 4.78 is 0. The lowest BCUT2D eigenvalue weighted by Gasteiger charge is -2.41. The van der Waals surface area contributed by atoms with Crippen molar-refractivity contribution in [1.82, 2.24) is 0 Å². The van der Waals surface area contributed by atoms with Crippen molar-refractivity contribution in [3.8, 4) is 0 Å². The molecule has 0 saturated heterocycles. The van der Waals surface area contributed by atoms with Gasteiger partial charge in [-0.15, -0.1) is 0 Å². The van der Waals surface area contributed by atoms with Crippen LogP contribution in [0.15, 0.2) is 0 Å². The molecule has 102 valence electrons. The Morgan fingerprint density at radius 2 is 2.06 bits per heavy atom. The third-order valence-corrected chi connectivity index (χ3v) is 4.26.